The number of piperidine rings is 1. The van der Waals surface area contributed by atoms with E-state index in [0.717, 1.165) is 25.4 Å². The molecule has 0 unspecified atom stereocenters. The molecule has 0 spiro atoms. The largest absolute Gasteiger partial charge is 0.468 e. The molecule has 0 radical (unpaired) electrons. The maximum absolute atomic E-state index is 12.9. The van der Waals surface area contributed by atoms with Gasteiger partial charge >= 0.3 is 0 Å². The molecular weight excluding hydrogens is 376 g/mol. The van der Waals surface area contributed by atoms with Crippen LogP contribution in [0.1, 0.15) is 48.2 Å². The summed E-state index contributed by atoms with van der Waals surface area (Å²) in [6.07, 6.45) is 7.68. The predicted molar refractivity (Wildman–Crippen MR) is 105 cm³/mol. The number of carbonyl (C=O) groups excluding carboxylic acids is 1. The number of sulfonamides is 1. The number of likely N-dealkylation sites (tertiary alicyclic amines) is 1. The first-order chi connectivity index (χ1) is 13.5. The van der Waals surface area contributed by atoms with Crippen LogP contribution in [0, 0.1) is 11.8 Å². The molecule has 1 saturated carbocycles. The Labute approximate surface area is 166 Å². The van der Waals surface area contributed by atoms with E-state index in [1.165, 1.54) is 44.1 Å². The second-order valence-electron chi connectivity index (χ2n) is 7.77. The van der Waals surface area contributed by atoms with Gasteiger partial charge in [0.15, 0.2) is 0 Å². The average molecular weight is 403 g/mol. The van der Waals surface area contributed by atoms with Gasteiger partial charge in [0.05, 0.1) is 17.7 Å². The van der Waals surface area contributed by atoms with Gasteiger partial charge < -0.3 is 9.32 Å². The minimum Gasteiger partial charge on any atom is -0.468 e. The molecule has 4 rings (SSSR count). The zero-order valence-electron chi connectivity index (χ0n) is 15.8. The molecule has 1 N–H and O–H groups in total. The van der Waals surface area contributed by atoms with Crippen molar-refractivity contribution in [3.05, 3.63) is 54.0 Å². The fourth-order valence-corrected chi connectivity index (χ4v) is 5.40. The van der Waals surface area contributed by atoms with E-state index in [4.69, 9.17) is 4.42 Å². The van der Waals surface area contributed by atoms with Crippen LogP contribution in [0.2, 0.25) is 0 Å². The lowest BCUT2D eigenvalue weighted by molar-refractivity contribution is 0.0521. The Morgan fingerprint density at radius 3 is 2.54 bits per heavy atom. The van der Waals surface area contributed by atoms with Gasteiger partial charge in [-0.05, 0) is 61.1 Å². The molecule has 6 nitrogen and oxygen atoms in total. The Balaban J connectivity index is 1.40. The van der Waals surface area contributed by atoms with Gasteiger partial charge in [-0.15, -0.1) is 0 Å². The molecule has 0 bridgehead atoms. The number of benzene rings is 1. The molecule has 1 aliphatic heterocycles. The summed E-state index contributed by atoms with van der Waals surface area (Å²) in [7, 11) is -3.65. The van der Waals surface area contributed by atoms with E-state index in [2.05, 4.69) is 4.72 Å². The third kappa shape index (κ3) is 4.15. The molecule has 150 valence electrons. The molecule has 1 aliphatic carbocycles. The maximum Gasteiger partial charge on any atom is 0.253 e. The van der Waals surface area contributed by atoms with Crippen LogP contribution in [0.15, 0.2) is 52.0 Å². The monoisotopic (exact) mass is 402 g/mol. The van der Waals surface area contributed by atoms with Crippen LogP contribution in [0.4, 0.5) is 0 Å². The Bertz CT molecular complexity index is 906. The quantitative estimate of drug-likeness (QED) is 0.831. The van der Waals surface area contributed by atoms with Crippen LogP contribution >= 0.6 is 0 Å². The highest BCUT2D eigenvalue weighted by molar-refractivity contribution is 7.89. The van der Waals surface area contributed by atoms with Crippen molar-refractivity contribution in [3.8, 4) is 0 Å². The first-order valence-corrected chi connectivity index (χ1v) is 11.4. The number of amides is 1. The average Bonchev–Trinajstić information content (AvgIpc) is 3.25. The third-order valence-electron chi connectivity index (χ3n) is 6.01. The maximum atomic E-state index is 12.9. The Kier molecular flexibility index (Phi) is 5.55. The Morgan fingerprint density at radius 1 is 1.07 bits per heavy atom. The number of hydrogen-bond acceptors (Lipinski definition) is 4. The molecule has 1 aromatic heterocycles. The van der Waals surface area contributed by atoms with E-state index >= 15 is 0 Å². The van der Waals surface area contributed by atoms with Crippen molar-refractivity contribution in [1.29, 1.82) is 0 Å². The van der Waals surface area contributed by atoms with Gasteiger partial charge in [0.25, 0.3) is 5.91 Å². The van der Waals surface area contributed by atoms with Gasteiger partial charge in [-0.3, -0.25) is 4.79 Å². The smallest absolute Gasteiger partial charge is 0.253 e. The van der Waals surface area contributed by atoms with Gasteiger partial charge in [-0.1, -0.05) is 19.3 Å². The highest BCUT2D eigenvalue weighted by atomic mass is 32.2. The van der Waals surface area contributed by atoms with Gasteiger partial charge in [-0.2, -0.15) is 0 Å². The fraction of sp³-hybridized carbons (Fsp3) is 0.476. The minimum atomic E-state index is -3.65. The standard InChI is InChI=1S/C21H26N2O4S/c24-21(23-12-11-16-4-1-2-5-18(16)15-23)17-7-9-20(10-8-17)28(25,26)22-14-19-6-3-13-27-19/h3,6-10,13,16,18,22H,1-2,4-5,11-12,14-15H2/t16-,18-/m0/s1. The summed E-state index contributed by atoms with van der Waals surface area (Å²) >= 11 is 0. The predicted octanol–water partition coefficient (Wildman–Crippen LogP) is 3.41. The third-order valence-corrected chi connectivity index (χ3v) is 7.42. The first-order valence-electron chi connectivity index (χ1n) is 9.94. The van der Waals surface area contributed by atoms with Crippen LogP contribution in [-0.4, -0.2) is 32.3 Å². The van der Waals surface area contributed by atoms with Crippen molar-refractivity contribution in [2.24, 2.45) is 11.8 Å². The van der Waals surface area contributed by atoms with Crippen molar-refractivity contribution in [2.45, 2.75) is 43.5 Å². The summed E-state index contributed by atoms with van der Waals surface area (Å²) in [6, 6.07) is 9.61. The van der Waals surface area contributed by atoms with Crippen LogP contribution in [0.5, 0.6) is 0 Å². The summed E-state index contributed by atoms with van der Waals surface area (Å²) in [6.45, 7) is 1.71. The summed E-state index contributed by atoms with van der Waals surface area (Å²) < 4.78 is 32.5. The van der Waals surface area contributed by atoms with Crippen molar-refractivity contribution >= 4 is 15.9 Å². The van der Waals surface area contributed by atoms with Crippen molar-refractivity contribution in [3.63, 3.8) is 0 Å². The summed E-state index contributed by atoms with van der Waals surface area (Å²) in [4.78, 5) is 14.9. The fourth-order valence-electron chi connectivity index (χ4n) is 4.41. The molecule has 2 fully saturated rings. The van der Waals surface area contributed by atoms with E-state index in [1.54, 1.807) is 24.3 Å². The number of nitrogens with one attached hydrogen (secondary N) is 1. The molecule has 1 saturated heterocycles. The number of nitrogens with zero attached hydrogens (tertiary/aromatic N) is 1. The molecule has 7 heteroatoms. The summed E-state index contributed by atoms with van der Waals surface area (Å²) in [5.74, 6) is 1.93. The van der Waals surface area contributed by atoms with Gasteiger partial charge in [0, 0.05) is 18.7 Å². The zero-order valence-corrected chi connectivity index (χ0v) is 16.7. The van der Waals surface area contributed by atoms with E-state index in [9.17, 15) is 13.2 Å². The lowest BCUT2D eigenvalue weighted by atomic mass is 9.75. The molecule has 28 heavy (non-hydrogen) atoms. The van der Waals surface area contributed by atoms with E-state index < -0.39 is 10.0 Å². The van der Waals surface area contributed by atoms with E-state index in [1.807, 2.05) is 4.90 Å². The number of hydrogen-bond donors (Lipinski definition) is 1. The number of carbonyl (C=O) groups is 1. The molecule has 2 aliphatic rings. The molecule has 1 amide bonds. The van der Waals surface area contributed by atoms with Crippen LogP contribution in [0.3, 0.4) is 0 Å². The Hall–Kier alpha value is -2.12. The van der Waals surface area contributed by atoms with Gasteiger partial charge in [0.1, 0.15) is 5.76 Å². The highest BCUT2D eigenvalue weighted by Crippen LogP contribution is 2.36. The highest BCUT2D eigenvalue weighted by Gasteiger charge is 2.33. The second-order valence-corrected chi connectivity index (χ2v) is 9.54. The molecule has 2 aromatic rings. The Morgan fingerprint density at radius 2 is 1.82 bits per heavy atom. The molecule has 1 aromatic carbocycles. The molecular formula is C21H26N2O4S. The minimum absolute atomic E-state index is 0.00323. The topological polar surface area (TPSA) is 79.6 Å². The van der Waals surface area contributed by atoms with Gasteiger partial charge in [-0.25, -0.2) is 13.1 Å². The van der Waals surface area contributed by atoms with Crippen LogP contribution in [-0.2, 0) is 16.6 Å². The van der Waals surface area contributed by atoms with Gasteiger partial charge in [0.2, 0.25) is 10.0 Å². The van der Waals surface area contributed by atoms with Crippen LogP contribution < -0.4 is 4.72 Å². The van der Waals surface area contributed by atoms with Crippen molar-refractivity contribution in [1.82, 2.24) is 9.62 Å². The normalized spacial score (nSPS) is 22.6. The molecule has 2 heterocycles. The van der Waals surface area contributed by atoms with Crippen LogP contribution in [0.25, 0.3) is 0 Å². The number of fused-ring (bicyclic) bond motifs is 1. The SMILES string of the molecule is O=C(c1ccc(S(=O)(=O)NCc2ccco2)cc1)N1CC[C@@H]2CCCC[C@H]2C1. The van der Waals surface area contributed by atoms with E-state index in [0.29, 0.717) is 17.2 Å². The van der Waals surface area contributed by atoms with Crippen molar-refractivity contribution in [2.75, 3.05) is 13.1 Å². The van der Waals surface area contributed by atoms with Crippen molar-refractivity contribution < 1.29 is 17.6 Å². The number of furan rings is 1. The second kappa shape index (κ2) is 8.09. The summed E-state index contributed by atoms with van der Waals surface area (Å²) in [5.41, 5.74) is 0.541. The summed E-state index contributed by atoms with van der Waals surface area (Å²) in [5, 5.41) is 0. The lowest BCUT2D eigenvalue weighted by Gasteiger charge is -2.41. The number of rotatable bonds is 5. The lowest BCUT2D eigenvalue weighted by Crippen LogP contribution is -2.44. The van der Waals surface area contributed by atoms with E-state index in [-0.39, 0.29) is 17.3 Å². The molecule has 2 atom stereocenters. The zero-order chi connectivity index (χ0) is 19.6. The first kappa shape index (κ1) is 19.2.